The van der Waals surface area contributed by atoms with Gasteiger partial charge in [0.15, 0.2) is 5.82 Å². The van der Waals surface area contributed by atoms with Gasteiger partial charge in [0.25, 0.3) is 0 Å². The monoisotopic (exact) mass is 341 g/mol. The Bertz CT molecular complexity index is 759. The second-order valence-corrected chi connectivity index (χ2v) is 7.93. The summed E-state index contributed by atoms with van der Waals surface area (Å²) >= 11 is 0. The summed E-state index contributed by atoms with van der Waals surface area (Å²) in [5.74, 6) is 0.632. The molecule has 6 nitrogen and oxygen atoms in total. The lowest BCUT2D eigenvalue weighted by Gasteiger charge is -2.20. The van der Waals surface area contributed by atoms with Gasteiger partial charge >= 0.3 is 0 Å². The molecule has 1 unspecified atom stereocenters. The van der Waals surface area contributed by atoms with Crippen molar-refractivity contribution >= 4 is 5.91 Å². The first-order chi connectivity index (χ1) is 11.8. The smallest absolute Gasteiger partial charge is 0.242 e. The number of hydrogen-bond acceptors (Lipinski definition) is 4. The summed E-state index contributed by atoms with van der Waals surface area (Å²) in [5.41, 5.74) is 3.84. The number of nitrogens with one attached hydrogen (secondary N) is 1. The van der Waals surface area contributed by atoms with E-state index in [-0.39, 0.29) is 23.9 Å². The Morgan fingerprint density at radius 1 is 1.24 bits per heavy atom. The molecular formula is C19H27N5O. The van der Waals surface area contributed by atoms with Crippen molar-refractivity contribution in [3.05, 3.63) is 40.7 Å². The molecule has 6 heteroatoms. The van der Waals surface area contributed by atoms with Crippen molar-refractivity contribution in [2.24, 2.45) is 0 Å². The van der Waals surface area contributed by atoms with Crippen molar-refractivity contribution < 1.29 is 4.79 Å². The second kappa shape index (κ2) is 6.94. The molecule has 1 aliphatic rings. The SMILES string of the molecule is CC(NC(=O)Cn1nnnc1C(C)(C)C)c1ccc2c(c1)CCCC2. The summed E-state index contributed by atoms with van der Waals surface area (Å²) in [6.45, 7) is 8.25. The minimum absolute atomic E-state index is 0.0331. The molecule has 134 valence electrons. The first kappa shape index (κ1) is 17.6. The molecule has 0 aliphatic heterocycles. The molecule has 0 radical (unpaired) electrons. The lowest BCUT2D eigenvalue weighted by atomic mass is 9.89. The molecule has 1 atom stereocenters. The fraction of sp³-hybridized carbons (Fsp3) is 0.579. The quantitative estimate of drug-likeness (QED) is 0.928. The summed E-state index contributed by atoms with van der Waals surface area (Å²) in [6, 6.07) is 6.56. The molecule has 3 rings (SSSR count). The van der Waals surface area contributed by atoms with Crippen molar-refractivity contribution in [1.82, 2.24) is 25.5 Å². The van der Waals surface area contributed by atoms with Gasteiger partial charge in [-0.25, -0.2) is 4.68 Å². The van der Waals surface area contributed by atoms with E-state index < -0.39 is 0 Å². The average Bonchev–Trinajstić information content (AvgIpc) is 3.02. The average molecular weight is 341 g/mol. The number of aryl methyl sites for hydroxylation is 2. The third kappa shape index (κ3) is 4.06. The van der Waals surface area contributed by atoms with Crippen LogP contribution in [0.4, 0.5) is 0 Å². The Morgan fingerprint density at radius 2 is 1.96 bits per heavy atom. The first-order valence-corrected chi connectivity index (χ1v) is 9.02. The highest BCUT2D eigenvalue weighted by molar-refractivity contribution is 5.76. The summed E-state index contributed by atoms with van der Waals surface area (Å²) in [6.07, 6.45) is 4.85. The van der Waals surface area contributed by atoms with Crippen LogP contribution in [0.3, 0.4) is 0 Å². The van der Waals surface area contributed by atoms with Gasteiger partial charge in [0, 0.05) is 5.41 Å². The highest BCUT2D eigenvalue weighted by atomic mass is 16.2. The molecule has 0 saturated carbocycles. The Balaban J connectivity index is 1.66. The number of aromatic nitrogens is 4. The molecule has 0 saturated heterocycles. The van der Waals surface area contributed by atoms with Crippen LogP contribution in [0.1, 0.15) is 69.1 Å². The highest BCUT2D eigenvalue weighted by Crippen LogP contribution is 2.25. The van der Waals surface area contributed by atoms with Gasteiger partial charge in [-0.05, 0) is 59.7 Å². The third-order valence-electron chi connectivity index (χ3n) is 4.75. The van der Waals surface area contributed by atoms with Crippen LogP contribution in [0, 0.1) is 0 Å². The van der Waals surface area contributed by atoms with Crippen molar-refractivity contribution in [3.8, 4) is 0 Å². The zero-order valence-electron chi connectivity index (χ0n) is 15.5. The molecule has 1 aliphatic carbocycles. The van der Waals surface area contributed by atoms with Crippen LogP contribution in [0.2, 0.25) is 0 Å². The van der Waals surface area contributed by atoms with E-state index in [1.165, 1.54) is 30.4 Å². The normalized spacial score (nSPS) is 15.5. The van der Waals surface area contributed by atoms with Crippen molar-refractivity contribution in [2.75, 3.05) is 0 Å². The van der Waals surface area contributed by atoms with Crippen molar-refractivity contribution in [3.63, 3.8) is 0 Å². The number of benzene rings is 1. The van der Waals surface area contributed by atoms with Crippen LogP contribution in [-0.2, 0) is 29.6 Å². The second-order valence-electron chi connectivity index (χ2n) is 7.93. The molecule has 0 spiro atoms. The standard InChI is InChI=1S/C19H27N5O/c1-13(15-10-9-14-7-5-6-8-16(14)11-15)20-17(25)12-24-18(19(2,3)4)21-22-23-24/h9-11,13H,5-8,12H2,1-4H3,(H,20,25). The van der Waals surface area contributed by atoms with E-state index in [1.807, 2.05) is 27.7 Å². The molecule has 1 N–H and O–H groups in total. The van der Waals surface area contributed by atoms with Gasteiger partial charge in [0.2, 0.25) is 5.91 Å². The van der Waals surface area contributed by atoms with Crippen LogP contribution in [0.15, 0.2) is 18.2 Å². The number of rotatable bonds is 4. The predicted octanol–water partition coefficient (Wildman–Crippen LogP) is 2.73. The molecule has 1 heterocycles. The topological polar surface area (TPSA) is 72.7 Å². The van der Waals surface area contributed by atoms with E-state index in [2.05, 4.69) is 39.0 Å². The maximum absolute atomic E-state index is 12.4. The predicted molar refractivity (Wildman–Crippen MR) is 96.2 cm³/mol. The van der Waals surface area contributed by atoms with Crippen LogP contribution < -0.4 is 5.32 Å². The maximum Gasteiger partial charge on any atom is 0.242 e. The number of hydrogen-bond donors (Lipinski definition) is 1. The summed E-state index contributed by atoms with van der Waals surface area (Å²) in [5, 5.41) is 14.8. The van der Waals surface area contributed by atoms with Crippen molar-refractivity contribution in [1.29, 1.82) is 0 Å². The van der Waals surface area contributed by atoms with Gasteiger partial charge < -0.3 is 5.32 Å². The minimum atomic E-state index is -0.201. The number of carbonyl (C=O) groups excluding carboxylic acids is 1. The van der Waals surface area contributed by atoms with Gasteiger partial charge in [-0.15, -0.1) is 5.10 Å². The number of nitrogens with zero attached hydrogens (tertiary/aromatic N) is 4. The fourth-order valence-electron chi connectivity index (χ4n) is 3.38. The summed E-state index contributed by atoms with van der Waals surface area (Å²) in [7, 11) is 0. The molecule has 2 aromatic rings. The van der Waals surface area contributed by atoms with Gasteiger partial charge in [0.1, 0.15) is 6.54 Å². The van der Waals surface area contributed by atoms with E-state index in [0.29, 0.717) is 5.82 Å². The van der Waals surface area contributed by atoms with E-state index in [0.717, 1.165) is 12.0 Å². The Kier molecular flexibility index (Phi) is 4.88. The number of tetrazole rings is 1. The highest BCUT2D eigenvalue weighted by Gasteiger charge is 2.23. The van der Waals surface area contributed by atoms with Crippen LogP contribution >= 0.6 is 0 Å². The zero-order chi connectivity index (χ0) is 18.0. The Hall–Kier alpha value is -2.24. The number of fused-ring (bicyclic) bond motifs is 1. The molecule has 25 heavy (non-hydrogen) atoms. The molecule has 1 aromatic heterocycles. The van der Waals surface area contributed by atoms with E-state index in [1.54, 1.807) is 4.68 Å². The van der Waals surface area contributed by atoms with Gasteiger partial charge in [-0.1, -0.05) is 39.0 Å². The zero-order valence-corrected chi connectivity index (χ0v) is 15.5. The first-order valence-electron chi connectivity index (χ1n) is 9.02. The third-order valence-corrected chi connectivity index (χ3v) is 4.75. The van der Waals surface area contributed by atoms with Gasteiger partial charge in [-0.3, -0.25) is 4.79 Å². The van der Waals surface area contributed by atoms with E-state index in [9.17, 15) is 4.79 Å². The number of carbonyl (C=O) groups is 1. The lowest BCUT2D eigenvalue weighted by Crippen LogP contribution is -2.32. The number of amides is 1. The van der Waals surface area contributed by atoms with E-state index >= 15 is 0 Å². The fourth-order valence-corrected chi connectivity index (χ4v) is 3.38. The summed E-state index contributed by atoms with van der Waals surface area (Å²) < 4.78 is 1.58. The van der Waals surface area contributed by atoms with Gasteiger partial charge in [-0.2, -0.15) is 0 Å². The minimum Gasteiger partial charge on any atom is -0.348 e. The van der Waals surface area contributed by atoms with Crippen LogP contribution in [-0.4, -0.2) is 26.1 Å². The molecule has 0 bridgehead atoms. The van der Waals surface area contributed by atoms with E-state index in [4.69, 9.17) is 0 Å². The van der Waals surface area contributed by atoms with Crippen LogP contribution in [0.25, 0.3) is 0 Å². The Labute approximate surface area is 149 Å². The maximum atomic E-state index is 12.4. The largest absolute Gasteiger partial charge is 0.348 e. The molecular weight excluding hydrogens is 314 g/mol. The van der Waals surface area contributed by atoms with Gasteiger partial charge in [0.05, 0.1) is 6.04 Å². The molecule has 1 aromatic carbocycles. The molecule has 1 amide bonds. The Morgan fingerprint density at radius 3 is 2.68 bits per heavy atom. The van der Waals surface area contributed by atoms with Crippen molar-refractivity contribution in [2.45, 2.75) is 71.4 Å². The molecule has 0 fully saturated rings. The lowest BCUT2D eigenvalue weighted by molar-refractivity contribution is -0.122. The summed E-state index contributed by atoms with van der Waals surface area (Å²) in [4.78, 5) is 12.4. The van der Waals surface area contributed by atoms with Crippen LogP contribution in [0.5, 0.6) is 0 Å².